The van der Waals surface area contributed by atoms with Crippen molar-refractivity contribution in [2.24, 2.45) is 5.41 Å². The van der Waals surface area contributed by atoms with E-state index in [1.165, 1.54) is 6.07 Å². The van der Waals surface area contributed by atoms with Crippen LogP contribution in [0, 0.1) is 11.2 Å². The highest BCUT2D eigenvalue weighted by Crippen LogP contribution is 2.33. The number of nitrogens with one attached hydrogen (secondary N) is 1. The molecule has 108 valence electrons. The van der Waals surface area contributed by atoms with Crippen LogP contribution in [0.3, 0.4) is 0 Å². The minimum atomic E-state index is -0.195. The maximum Gasteiger partial charge on any atom is 0.131 e. The van der Waals surface area contributed by atoms with Crippen molar-refractivity contribution in [1.82, 2.24) is 5.32 Å². The van der Waals surface area contributed by atoms with Crippen LogP contribution in [0.1, 0.15) is 52.1 Å². The van der Waals surface area contributed by atoms with E-state index in [1.807, 2.05) is 13.0 Å². The van der Waals surface area contributed by atoms with Crippen molar-refractivity contribution in [3.63, 3.8) is 0 Å². The van der Waals surface area contributed by atoms with Crippen LogP contribution in [0.5, 0.6) is 5.75 Å². The summed E-state index contributed by atoms with van der Waals surface area (Å²) in [6.45, 7) is 9.46. The summed E-state index contributed by atoms with van der Waals surface area (Å²) in [6, 6.07) is 5.00. The van der Waals surface area contributed by atoms with Gasteiger partial charge < -0.3 is 10.1 Å². The van der Waals surface area contributed by atoms with Crippen molar-refractivity contribution < 1.29 is 9.13 Å². The van der Waals surface area contributed by atoms with Crippen molar-refractivity contribution in [3.05, 3.63) is 29.6 Å². The quantitative estimate of drug-likeness (QED) is 0.829. The van der Waals surface area contributed by atoms with E-state index in [2.05, 4.69) is 26.1 Å². The predicted molar refractivity (Wildman–Crippen MR) is 78.1 cm³/mol. The van der Waals surface area contributed by atoms with Crippen molar-refractivity contribution in [2.75, 3.05) is 13.7 Å². The monoisotopic (exact) mass is 267 g/mol. The maximum absolute atomic E-state index is 14.1. The zero-order valence-corrected chi connectivity index (χ0v) is 12.7. The molecule has 19 heavy (non-hydrogen) atoms. The molecule has 1 unspecified atom stereocenters. The van der Waals surface area contributed by atoms with Crippen LogP contribution < -0.4 is 10.1 Å². The van der Waals surface area contributed by atoms with Crippen LogP contribution in [0.15, 0.2) is 18.2 Å². The number of rotatable bonds is 6. The molecule has 1 rings (SSSR count). The van der Waals surface area contributed by atoms with Gasteiger partial charge in [0.2, 0.25) is 0 Å². The normalized spacial score (nSPS) is 13.4. The van der Waals surface area contributed by atoms with Crippen molar-refractivity contribution in [2.45, 2.75) is 46.6 Å². The zero-order chi connectivity index (χ0) is 14.5. The standard InChI is InChI=1S/C16H26FNO/c1-6-18-13(10-11-16(2,3)4)15-12(17)8-7-9-14(15)19-5/h7-9,13,18H,6,10-11H2,1-5H3. The molecule has 0 aliphatic carbocycles. The van der Waals surface area contributed by atoms with E-state index in [1.54, 1.807) is 13.2 Å². The fourth-order valence-corrected chi connectivity index (χ4v) is 2.21. The number of hydrogen-bond donors (Lipinski definition) is 1. The molecule has 0 radical (unpaired) electrons. The first-order valence-corrected chi connectivity index (χ1v) is 6.95. The molecule has 0 heterocycles. The van der Waals surface area contributed by atoms with Crippen LogP contribution in [-0.2, 0) is 0 Å². The van der Waals surface area contributed by atoms with Gasteiger partial charge in [0.25, 0.3) is 0 Å². The van der Waals surface area contributed by atoms with E-state index in [0.717, 1.165) is 19.4 Å². The highest BCUT2D eigenvalue weighted by atomic mass is 19.1. The minimum absolute atomic E-state index is 0.000347. The van der Waals surface area contributed by atoms with Gasteiger partial charge in [-0.2, -0.15) is 0 Å². The molecule has 0 aliphatic heterocycles. The van der Waals surface area contributed by atoms with Crippen LogP contribution in [0.25, 0.3) is 0 Å². The third-order valence-electron chi connectivity index (χ3n) is 3.21. The lowest BCUT2D eigenvalue weighted by Gasteiger charge is -2.25. The summed E-state index contributed by atoms with van der Waals surface area (Å²) >= 11 is 0. The van der Waals surface area contributed by atoms with E-state index in [4.69, 9.17) is 4.74 Å². The maximum atomic E-state index is 14.1. The van der Waals surface area contributed by atoms with E-state index in [0.29, 0.717) is 11.3 Å². The summed E-state index contributed by atoms with van der Waals surface area (Å²) in [4.78, 5) is 0. The van der Waals surface area contributed by atoms with Gasteiger partial charge in [0, 0.05) is 11.6 Å². The molecule has 0 spiro atoms. The lowest BCUT2D eigenvalue weighted by atomic mass is 9.87. The number of benzene rings is 1. The Hall–Kier alpha value is -1.09. The fraction of sp³-hybridized carbons (Fsp3) is 0.625. The zero-order valence-electron chi connectivity index (χ0n) is 12.7. The molecule has 1 aromatic carbocycles. The summed E-state index contributed by atoms with van der Waals surface area (Å²) < 4.78 is 19.4. The smallest absolute Gasteiger partial charge is 0.131 e. The summed E-state index contributed by atoms with van der Waals surface area (Å²) in [5.74, 6) is 0.430. The lowest BCUT2D eigenvalue weighted by molar-refractivity contribution is 0.323. The highest BCUT2D eigenvalue weighted by molar-refractivity contribution is 5.37. The van der Waals surface area contributed by atoms with Crippen LogP contribution in [-0.4, -0.2) is 13.7 Å². The van der Waals surface area contributed by atoms with Crippen LogP contribution in [0.2, 0.25) is 0 Å². The Bertz CT molecular complexity index is 398. The molecule has 1 aromatic rings. The second kappa shape index (κ2) is 6.90. The molecule has 2 nitrogen and oxygen atoms in total. The fourth-order valence-electron chi connectivity index (χ4n) is 2.21. The first kappa shape index (κ1) is 16.0. The second-order valence-electron chi connectivity index (χ2n) is 6.07. The van der Waals surface area contributed by atoms with Gasteiger partial charge in [-0.3, -0.25) is 0 Å². The van der Waals surface area contributed by atoms with E-state index in [9.17, 15) is 4.39 Å². The highest BCUT2D eigenvalue weighted by Gasteiger charge is 2.22. The first-order valence-electron chi connectivity index (χ1n) is 6.95. The van der Waals surface area contributed by atoms with E-state index < -0.39 is 0 Å². The Morgan fingerprint density at radius 1 is 1.32 bits per heavy atom. The second-order valence-corrected chi connectivity index (χ2v) is 6.07. The van der Waals surface area contributed by atoms with Gasteiger partial charge in [-0.05, 0) is 36.9 Å². The van der Waals surface area contributed by atoms with Gasteiger partial charge in [-0.1, -0.05) is 33.8 Å². The van der Waals surface area contributed by atoms with Crippen LogP contribution >= 0.6 is 0 Å². The molecule has 0 fully saturated rings. The van der Waals surface area contributed by atoms with Gasteiger partial charge in [-0.15, -0.1) is 0 Å². The molecule has 0 aliphatic rings. The topological polar surface area (TPSA) is 21.3 Å². The lowest BCUT2D eigenvalue weighted by Crippen LogP contribution is -2.24. The number of methoxy groups -OCH3 is 1. The third-order valence-corrected chi connectivity index (χ3v) is 3.21. The van der Waals surface area contributed by atoms with E-state index in [-0.39, 0.29) is 17.3 Å². The van der Waals surface area contributed by atoms with Gasteiger partial charge in [0.15, 0.2) is 0 Å². The number of halogens is 1. The van der Waals surface area contributed by atoms with E-state index >= 15 is 0 Å². The molecule has 0 aromatic heterocycles. The van der Waals surface area contributed by atoms with Gasteiger partial charge in [0.1, 0.15) is 11.6 Å². The summed E-state index contributed by atoms with van der Waals surface area (Å²) in [6.07, 6.45) is 1.93. The Labute approximate surface area is 116 Å². The summed E-state index contributed by atoms with van der Waals surface area (Å²) in [5, 5.41) is 3.37. The molecule has 0 saturated carbocycles. The third kappa shape index (κ3) is 4.83. The van der Waals surface area contributed by atoms with Gasteiger partial charge >= 0.3 is 0 Å². The number of ether oxygens (including phenoxy) is 1. The Kier molecular flexibility index (Phi) is 5.80. The first-order chi connectivity index (χ1) is 8.89. The van der Waals surface area contributed by atoms with Crippen molar-refractivity contribution >= 4 is 0 Å². The molecular formula is C16H26FNO. The van der Waals surface area contributed by atoms with Crippen molar-refractivity contribution in [3.8, 4) is 5.75 Å². The molecule has 0 saturated heterocycles. The molecule has 1 N–H and O–H groups in total. The Morgan fingerprint density at radius 2 is 2.00 bits per heavy atom. The molecular weight excluding hydrogens is 241 g/mol. The molecule has 0 amide bonds. The molecule has 3 heteroatoms. The minimum Gasteiger partial charge on any atom is -0.496 e. The number of hydrogen-bond acceptors (Lipinski definition) is 2. The largest absolute Gasteiger partial charge is 0.496 e. The Morgan fingerprint density at radius 3 is 2.53 bits per heavy atom. The average Bonchev–Trinajstić information content (AvgIpc) is 2.33. The van der Waals surface area contributed by atoms with Gasteiger partial charge in [-0.25, -0.2) is 4.39 Å². The van der Waals surface area contributed by atoms with Crippen molar-refractivity contribution in [1.29, 1.82) is 0 Å². The summed E-state index contributed by atoms with van der Waals surface area (Å²) in [5.41, 5.74) is 0.891. The summed E-state index contributed by atoms with van der Waals surface area (Å²) in [7, 11) is 1.59. The molecule has 1 atom stereocenters. The predicted octanol–water partition coefficient (Wildman–Crippen LogP) is 4.31. The van der Waals surface area contributed by atoms with Crippen LogP contribution in [0.4, 0.5) is 4.39 Å². The average molecular weight is 267 g/mol. The molecule has 0 bridgehead atoms. The SMILES string of the molecule is CCNC(CCC(C)(C)C)c1c(F)cccc1OC. The Balaban J connectivity index is 2.98. The van der Waals surface area contributed by atoms with Gasteiger partial charge in [0.05, 0.1) is 7.11 Å².